The van der Waals surface area contributed by atoms with Crippen LogP contribution < -0.4 is 14.8 Å². The van der Waals surface area contributed by atoms with E-state index < -0.39 is 0 Å². The minimum Gasteiger partial charge on any atom is -0.490 e. The first-order valence-electron chi connectivity index (χ1n) is 10.3. The Morgan fingerprint density at radius 1 is 1.13 bits per heavy atom. The summed E-state index contributed by atoms with van der Waals surface area (Å²) in [5.74, 6) is 1.40. The van der Waals surface area contributed by atoms with Crippen molar-refractivity contribution in [2.75, 3.05) is 13.2 Å². The molecule has 2 aromatic heterocycles. The third kappa shape index (κ3) is 4.40. The molecular weight excluding hydrogens is 380 g/mol. The van der Waals surface area contributed by atoms with Crippen molar-refractivity contribution in [2.45, 2.75) is 40.7 Å². The molecule has 0 radical (unpaired) electrons. The number of nitrogens with zero attached hydrogens (tertiary/aromatic N) is 3. The fraction of sp³-hybridized carbons (Fsp3) is 0.435. The highest BCUT2D eigenvalue weighted by Gasteiger charge is 2.22. The quantitative estimate of drug-likeness (QED) is 0.602. The van der Waals surface area contributed by atoms with E-state index in [1.54, 1.807) is 10.9 Å². The van der Waals surface area contributed by atoms with E-state index in [0.717, 1.165) is 22.3 Å². The fourth-order valence-corrected chi connectivity index (χ4v) is 3.55. The fourth-order valence-electron chi connectivity index (χ4n) is 3.55. The maximum Gasteiger partial charge on any atom is 0.253 e. The number of aryl methyl sites for hydroxylation is 2. The molecular formula is C23H30N4O3. The number of nitrogens with one attached hydrogen (secondary N) is 1. The average Bonchev–Trinajstić information content (AvgIpc) is 3.00. The first-order chi connectivity index (χ1) is 14.3. The van der Waals surface area contributed by atoms with Crippen molar-refractivity contribution in [3.63, 3.8) is 0 Å². The summed E-state index contributed by atoms with van der Waals surface area (Å²) in [5, 5.41) is 8.41. The van der Waals surface area contributed by atoms with Crippen molar-refractivity contribution in [1.82, 2.24) is 20.1 Å². The molecule has 0 unspecified atom stereocenters. The summed E-state index contributed by atoms with van der Waals surface area (Å²) in [5.41, 5.74) is 3.09. The molecule has 1 atom stereocenters. The highest BCUT2D eigenvalue weighted by molar-refractivity contribution is 5.97. The van der Waals surface area contributed by atoms with Gasteiger partial charge in [0.05, 0.1) is 30.5 Å². The van der Waals surface area contributed by atoms with Crippen LogP contribution in [-0.4, -0.2) is 33.9 Å². The van der Waals surface area contributed by atoms with Gasteiger partial charge in [0.25, 0.3) is 5.91 Å². The first-order valence-corrected chi connectivity index (χ1v) is 10.3. The highest BCUT2D eigenvalue weighted by Crippen LogP contribution is 2.33. The molecule has 0 aliphatic heterocycles. The second-order valence-electron chi connectivity index (χ2n) is 7.57. The third-order valence-corrected chi connectivity index (χ3v) is 5.00. The number of hydrogen-bond acceptors (Lipinski definition) is 5. The van der Waals surface area contributed by atoms with Crippen LogP contribution in [0.2, 0.25) is 0 Å². The van der Waals surface area contributed by atoms with E-state index in [9.17, 15) is 4.79 Å². The molecule has 0 aliphatic rings. The SMILES string of the molecule is CCOc1ccc([C@H](NC(=O)c2cnc3c(c2)c(C)nn3C)C(C)C)cc1OCC. The van der Waals surface area contributed by atoms with Crippen molar-refractivity contribution in [3.8, 4) is 11.5 Å². The van der Waals surface area contributed by atoms with Crippen LogP contribution in [-0.2, 0) is 7.05 Å². The Bertz CT molecular complexity index is 1040. The molecule has 160 valence electrons. The lowest BCUT2D eigenvalue weighted by atomic mass is 9.95. The maximum atomic E-state index is 13.0. The number of pyridine rings is 1. The lowest BCUT2D eigenvalue weighted by Gasteiger charge is -2.24. The second kappa shape index (κ2) is 9.15. The maximum absolute atomic E-state index is 13.0. The van der Waals surface area contributed by atoms with Gasteiger partial charge in [-0.2, -0.15) is 5.10 Å². The van der Waals surface area contributed by atoms with Gasteiger partial charge in [-0.25, -0.2) is 4.98 Å². The molecule has 2 heterocycles. The number of fused-ring (bicyclic) bond motifs is 1. The van der Waals surface area contributed by atoms with Crippen molar-refractivity contribution < 1.29 is 14.3 Å². The predicted molar refractivity (Wildman–Crippen MR) is 117 cm³/mol. The summed E-state index contributed by atoms with van der Waals surface area (Å²) < 4.78 is 13.1. The van der Waals surface area contributed by atoms with Crippen LogP contribution in [0.1, 0.15) is 55.4 Å². The number of aromatic nitrogens is 3. The molecule has 7 nitrogen and oxygen atoms in total. The Balaban J connectivity index is 1.89. The number of amides is 1. The molecule has 1 amide bonds. The van der Waals surface area contributed by atoms with E-state index in [1.807, 2.05) is 52.1 Å². The van der Waals surface area contributed by atoms with Crippen LogP contribution in [0, 0.1) is 12.8 Å². The molecule has 1 aromatic carbocycles. The van der Waals surface area contributed by atoms with Gasteiger partial charge >= 0.3 is 0 Å². The van der Waals surface area contributed by atoms with Gasteiger partial charge in [0.2, 0.25) is 0 Å². The van der Waals surface area contributed by atoms with Gasteiger partial charge in [-0.15, -0.1) is 0 Å². The van der Waals surface area contributed by atoms with E-state index in [0.29, 0.717) is 30.3 Å². The van der Waals surface area contributed by atoms with Crippen LogP contribution >= 0.6 is 0 Å². The zero-order valence-electron chi connectivity index (χ0n) is 18.5. The number of hydrogen-bond donors (Lipinski definition) is 1. The molecule has 0 spiro atoms. The highest BCUT2D eigenvalue weighted by atomic mass is 16.5. The molecule has 0 aliphatic carbocycles. The minimum absolute atomic E-state index is 0.168. The van der Waals surface area contributed by atoms with Crippen LogP contribution in [0.3, 0.4) is 0 Å². The predicted octanol–water partition coefficient (Wildman–Crippen LogP) is 4.20. The number of rotatable bonds is 8. The average molecular weight is 411 g/mol. The molecule has 0 bridgehead atoms. The first kappa shape index (κ1) is 21.6. The molecule has 0 fully saturated rings. The van der Waals surface area contributed by atoms with E-state index in [-0.39, 0.29) is 17.9 Å². The zero-order valence-corrected chi connectivity index (χ0v) is 18.5. The Morgan fingerprint density at radius 2 is 1.83 bits per heavy atom. The molecule has 7 heteroatoms. The molecule has 0 saturated carbocycles. The normalized spacial score (nSPS) is 12.2. The summed E-state index contributed by atoms with van der Waals surface area (Å²) >= 11 is 0. The molecule has 3 aromatic rings. The smallest absolute Gasteiger partial charge is 0.253 e. The van der Waals surface area contributed by atoms with Crippen molar-refractivity contribution >= 4 is 16.9 Å². The van der Waals surface area contributed by atoms with E-state index in [1.165, 1.54) is 0 Å². The van der Waals surface area contributed by atoms with E-state index in [2.05, 4.69) is 29.2 Å². The van der Waals surface area contributed by atoms with Gasteiger partial charge in [0, 0.05) is 18.6 Å². The van der Waals surface area contributed by atoms with Gasteiger partial charge in [-0.05, 0) is 50.5 Å². The lowest BCUT2D eigenvalue weighted by molar-refractivity contribution is 0.0925. The van der Waals surface area contributed by atoms with Crippen LogP contribution in [0.15, 0.2) is 30.5 Å². The number of benzene rings is 1. The Hall–Kier alpha value is -3.09. The van der Waals surface area contributed by atoms with Gasteiger partial charge in [-0.1, -0.05) is 19.9 Å². The van der Waals surface area contributed by atoms with Gasteiger partial charge < -0.3 is 14.8 Å². The van der Waals surface area contributed by atoms with Crippen LogP contribution in [0.25, 0.3) is 11.0 Å². The number of ether oxygens (including phenoxy) is 2. The molecule has 0 saturated heterocycles. The monoisotopic (exact) mass is 410 g/mol. The Kier molecular flexibility index (Phi) is 6.59. The standard InChI is InChI=1S/C23H30N4O3/c1-7-29-19-10-9-16(12-20(19)30-8-2)21(14(3)4)25-23(28)17-11-18-15(5)26-27(6)22(18)24-13-17/h9-14,21H,7-8H2,1-6H3,(H,25,28)/t21-/m1/s1. The molecule has 1 N–H and O–H groups in total. The van der Waals surface area contributed by atoms with E-state index >= 15 is 0 Å². The van der Waals surface area contributed by atoms with Gasteiger partial charge in [-0.3, -0.25) is 9.48 Å². The second-order valence-corrected chi connectivity index (χ2v) is 7.57. The summed E-state index contributed by atoms with van der Waals surface area (Å²) in [6, 6.07) is 7.49. The van der Waals surface area contributed by atoms with Crippen molar-refractivity contribution in [2.24, 2.45) is 13.0 Å². The van der Waals surface area contributed by atoms with Crippen LogP contribution in [0.5, 0.6) is 11.5 Å². The molecule has 30 heavy (non-hydrogen) atoms. The van der Waals surface area contributed by atoms with Crippen molar-refractivity contribution in [3.05, 3.63) is 47.3 Å². The minimum atomic E-state index is -0.182. The molecule has 3 rings (SSSR count). The zero-order chi connectivity index (χ0) is 21.8. The van der Waals surface area contributed by atoms with Gasteiger partial charge in [0.1, 0.15) is 0 Å². The summed E-state index contributed by atoms with van der Waals surface area (Å²) in [4.78, 5) is 17.5. The van der Waals surface area contributed by atoms with Crippen molar-refractivity contribution in [1.29, 1.82) is 0 Å². The summed E-state index contributed by atoms with van der Waals surface area (Å²) in [6.07, 6.45) is 1.60. The topological polar surface area (TPSA) is 78.3 Å². The summed E-state index contributed by atoms with van der Waals surface area (Å²) in [6.45, 7) is 11.1. The van der Waals surface area contributed by atoms with E-state index in [4.69, 9.17) is 9.47 Å². The Morgan fingerprint density at radius 3 is 2.50 bits per heavy atom. The largest absolute Gasteiger partial charge is 0.490 e. The lowest BCUT2D eigenvalue weighted by Crippen LogP contribution is -2.31. The third-order valence-electron chi connectivity index (χ3n) is 5.00. The Labute approximate surface area is 177 Å². The number of carbonyl (C=O) groups excluding carboxylic acids is 1. The summed E-state index contributed by atoms with van der Waals surface area (Å²) in [7, 11) is 1.85. The van der Waals surface area contributed by atoms with Crippen LogP contribution in [0.4, 0.5) is 0 Å². The number of carbonyl (C=O) groups is 1. The van der Waals surface area contributed by atoms with Gasteiger partial charge in [0.15, 0.2) is 17.1 Å².